The van der Waals surface area contributed by atoms with Crippen LogP contribution in [-0.4, -0.2) is 30.0 Å². The van der Waals surface area contributed by atoms with E-state index in [4.69, 9.17) is 0 Å². The molecule has 4 nitrogen and oxygen atoms in total. The molecule has 0 unspecified atom stereocenters. The smallest absolute Gasteiger partial charge is 0.323 e. The first-order valence-electron chi connectivity index (χ1n) is 4.60. The van der Waals surface area contributed by atoms with Crippen LogP contribution < -0.4 is 5.32 Å². The number of hydrogen-bond donors (Lipinski definition) is 1. The van der Waals surface area contributed by atoms with Gasteiger partial charge in [-0.1, -0.05) is 11.3 Å². The Hall–Kier alpha value is -1.69. The number of fused-ring (bicyclic) bond motifs is 1. The third kappa shape index (κ3) is 2.11. The fraction of sp³-hybridized carbons (Fsp3) is 0.200. The molecular formula is C10H10FN3OS. The standard InChI is InChI=1S/C10H10FN3OS/c1-14(2)10(15)13-9-12-7-4-3-6(11)5-8(7)16-9/h3-5H,1-2H3,(H,12,13,15). The Morgan fingerprint density at radius 3 is 2.94 bits per heavy atom. The Morgan fingerprint density at radius 2 is 2.25 bits per heavy atom. The first-order chi connectivity index (χ1) is 7.56. The van der Waals surface area contributed by atoms with E-state index in [1.54, 1.807) is 20.2 Å². The number of urea groups is 1. The molecule has 1 heterocycles. The molecule has 0 aliphatic rings. The number of anilines is 1. The van der Waals surface area contributed by atoms with Crippen molar-refractivity contribution in [1.82, 2.24) is 9.88 Å². The second-order valence-corrected chi connectivity index (χ2v) is 4.49. The van der Waals surface area contributed by atoms with Crippen LogP contribution in [0.15, 0.2) is 18.2 Å². The van der Waals surface area contributed by atoms with Crippen molar-refractivity contribution < 1.29 is 9.18 Å². The van der Waals surface area contributed by atoms with E-state index in [0.29, 0.717) is 15.3 Å². The van der Waals surface area contributed by atoms with E-state index in [0.717, 1.165) is 0 Å². The number of aromatic nitrogens is 1. The molecule has 0 saturated heterocycles. The molecule has 84 valence electrons. The van der Waals surface area contributed by atoms with Gasteiger partial charge in [0, 0.05) is 14.1 Å². The summed E-state index contributed by atoms with van der Waals surface area (Å²) < 4.78 is 13.6. The summed E-state index contributed by atoms with van der Waals surface area (Å²) >= 11 is 1.25. The summed E-state index contributed by atoms with van der Waals surface area (Å²) in [7, 11) is 3.28. The Labute approximate surface area is 95.7 Å². The van der Waals surface area contributed by atoms with Gasteiger partial charge in [0.15, 0.2) is 5.13 Å². The molecule has 0 aliphatic carbocycles. The Morgan fingerprint density at radius 1 is 1.50 bits per heavy atom. The van der Waals surface area contributed by atoms with Gasteiger partial charge in [-0.3, -0.25) is 5.32 Å². The van der Waals surface area contributed by atoms with Crippen molar-refractivity contribution in [2.45, 2.75) is 0 Å². The molecule has 2 rings (SSSR count). The van der Waals surface area contributed by atoms with Crippen molar-refractivity contribution in [1.29, 1.82) is 0 Å². The summed E-state index contributed by atoms with van der Waals surface area (Å²) in [4.78, 5) is 16.9. The van der Waals surface area contributed by atoms with Gasteiger partial charge in [0.1, 0.15) is 5.82 Å². The van der Waals surface area contributed by atoms with Gasteiger partial charge in [-0.05, 0) is 18.2 Å². The maximum absolute atomic E-state index is 12.9. The molecule has 6 heteroatoms. The van der Waals surface area contributed by atoms with Gasteiger partial charge >= 0.3 is 6.03 Å². The minimum Gasteiger partial charge on any atom is -0.331 e. The fourth-order valence-corrected chi connectivity index (χ4v) is 2.04. The van der Waals surface area contributed by atoms with Crippen LogP contribution in [0.3, 0.4) is 0 Å². The van der Waals surface area contributed by atoms with Gasteiger partial charge in [-0.15, -0.1) is 0 Å². The summed E-state index contributed by atoms with van der Waals surface area (Å²) in [5, 5.41) is 3.09. The molecule has 0 radical (unpaired) electrons. The predicted molar refractivity (Wildman–Crippen MR) is 62.3 cm³/mol. The molecule has 0 spiro atoms. The van der Waals surface area contributed by atoms with Gasteiger partial charge in [0.2, 0.25) is 0 Å². The van der Waals surface area contributed by atoms with E-state index < -0.39 is 0 Å². The minimum absolute atomic E-state index is 0.250. The van der Waals surface area contributed by atoms with Crippen LogP contribution in [0.4, 0.5) is 14.3 Å². The highest BCUT2D eigenvalue weighted by atomic mass is 32.1. The monoisotopic (exact) mass is 239 g/mol. The zero-order chi connectivity index (χ0) is 11.7. The summed E-state index contributed by atoms with van der Waals surface area (Å²) in [6.45, 7) is 0. The van der Waals surface area contributed by atoms with E-state index in [2.05, 4.69) is 10.3 Å². The first-order valence-corrected chi connectivity index (χ1v) is 5.42. The van der Waals surface area contributed by atoms with Crippen molar-refractivity contribution in [3.8, 4) is 0 Å². The Balaban J connectivity index is 2.29. The Bertz CT molecular complexity index is 538. The number of rotatable bonds is 1. The molecule has 0 fully saturated rings. The third-order valence-electron chi connectivity index (χ3n) is 1.97. The van der Waals surface area contributed by atoms with Crippen molar-refractivity contribution in [3.05, 3.63) is 24.0 Å². The number of nitrogens with one attached hydrogen (secondary N) is 1. The van der Waals surface area contributed by atoms with Crippen molar-refractivity contribution in [3.63, 3.8) is 0 Å². The average molecular weight is 239 g/mol. The van der Waals surface area contributed by atoms with E-state index in [9.17, 15) is 9.18 Å². The van der Waals surface area contributed by atoms with Gasteiger partial charge in [0.25, 0.3) is 0 Å². The molecule has 0 atom stereocenters. The van der Waals surface area contributed by atoms with Crippen molar-refractivity contribution in [2.24, 2.45) is 0 Å². The number of benzene rings is 1. The fourth-order valence-electron chi connectivity index (χ4n) is 1.16. The number of carbonyl (C=O) groups excluding carboxylic acids is 1. The van der Waals surface area contributed by atoms with Crippen LogP contribution in [0, 0.1) is 5.82 Å². The van der Waals surface area contributed by atoms with Crippen LogP contribution in [0.5, 0.6) is 0 Å². The molecule has 0 bridgehead atoms. The molecule has 16 heavy (non-hydrogen) atoms. The Kier molecular flexibility index (Phi) is 2.74. The van der Waals surface area contributed by atoms with Gasteiger partial charge in [-0.2, -0.15) is 0 Å². The maximum atomic E-state index is 12.9. The quantitative estimate of drug-likeness (QED) is 0.831. The highest BCUT2D eigenvalue weighted by molar-refractivity contribution is 7.22. The van der Waals surface area contributed by atoms with Crippen LogP contribution >= 0.6 is 11.3 Å². The lowest BCUT2D eigenvalue weighted by Gasteiger charge is -2.08. The molecule has 0 aliphatic heterocycles. The lowest BCUT2D eigenvalue weighted by Crippen LogP contribution is -2.27. The molecule has 1 N–H and O–H groups in total. The highest BCUT2D eigenvalue weighted by Crippen LogP contribution is 2.26. The topological polar surface area (TPSA) is 45.2 Å². The van der Waals surface area contributed by atoms with Crippen molar-refractivity contribution >= 4 is 32.7 Å². The average Bonchev–Trinajstić information content (AvgIpc) is 2.58. The molecular weight excluding hydrogens is 229 g/mol. The minimum atomic E-state index is -0.304. The van der Waals surface area contributed by atoms with Gasteiger partial charge in [0.05, 0.1) is 10.2 Å². The molecule has 1 aromatic carbocycles. The van der Waals surface area contributed by atoms with Crippen LogP contribution in [0.1, 0.15) is 0 Å². The van der Waals surface area contributed by atoms with E-state index >= 15 is 0 Å². The molecule has 2 amide bonds. The number of halogens is 1. The van der Waals surface area contributed by atoms with E-state index in [1.165, 1.54) is 28.4 Å². The second kappa shape index (κ2) is 4.05. The summed E-state index contributed by atoms with van der Waals surface area (Å²) in [5.74, 6) is -0.304. The normalized spacial score (nSPS) is 10.4. The summed E-state index contributed by atoms with van der Waals surface area (Å²) in [6.07, 6.45) is 0. The maximum Gasteiger partial charge on any atom is 0.323 e. The summed E-state index contributed by atoms with van der Waals surface area (Å²) in [5.41, 5.74) is 0.681. The molecule has 0 saturated carbocycles. The third-order valence-corrected chi connectivity index (χ3v) is 2.90. The summed E-state index contributed by atoms with van der Waals surface area (Å²) in [6, 6.07) is 4.09. The van der Waals surface area contributed by atoms with Crippen LogP contribution in [0.25, 0.3) is 10.2 Å². The number of amides is 2. The number of nitrogens with zero attached hydrogens (tertiary/aromatic N) is 2. The zero-order valence-corrected chi connectivity index (χ0v) is 9.64. The number of carbonyl (C=O) groups is 1. The first kappa shape index (κ1) is 10.8. The van der Waals surface area contributed by atoms with Crippen LogP contribution in [-0.2, 0) is 0 Å². The molecule has 2 aromatic rings. The highest BCUT2D eigenvalue weighted by Gasteiger charge is 2.09. The van der Waals surface area contributed by atoms with Crippen LogP contribution in [0.2, 0.25) is 0 Å². The lowest BCUT2D eigenvalue weighted by atomic mass is 10.3. The second-order valence-electron chi connectivity index (χ2n) is 3.46. The van der Waals surface area contributed by atoms with E-state index in [-0.39, 0.29) is 11.8 Å². The molecule has 1 aromatic heterocycles. The zero-order valence-electron chi connectivity index (χ0n) is 8.82. The van der Waals surface area contributed by atoms with Gasteiger partial charge in [-0.25, -0.2) is 14.2 Å². The number of hydrogen-bond acceptors (Lipinski definition) is 3. The predicted octanol–water partition coefficient (Wildman–Crippen LogP) is 2.53. The van der Waals surface area contributed by atoms with Crippen molar-refractivity contribution in [2.75, 3.05) is 19.4 Å². The van der Waals surface area contributed by atoms with Gasteiger partial charge < -0.3 is 4.90 Å². The van der Waals surface area contributed by atoms with E-state index in [1.807, 2.05) is 0 Å². The largest absolute Gasteiger partial charge is 0.331 e. The number of thiazole rings is 1. The SMILES string of the molecule is CN(C)C(=O)Nc1nc2ccc(F)cc2s1. The lowest BCUT2D eigenvalue weighted by molar-refractivity contribution is 0.230.